The zero-order chi connectivity index (χ0) is 19.4. The average molecular weight is 367 g/mol. The van der Waals surface area contributed by atoms with Gasteiger partial charge in [-0.05, 0) is 26.0 Å². The van der Waals surface area contributed by atoms with E-state index in [2.05, 4.69) is 21.6 Å². The van der Waals surface area contributed by atoms with Crippen LogP contribution in [-0.4, -0.2) is 45.2 Å². The number of hydrazine groups is 1. The fraction of sp³-hybridized carbons (Fsp3) is 0.263. The van der Waals surface area contributed by atoms with Crippen molar-refractivity contribution >= 4 is 18.0 Å². The van der Waals surface area contributed by atoms with E-state index < -0.39 is 5.91 Å². The Morgan fingerprint density at radius 2 is 2.00 bits per heavy atom. The largest absolute Gasteiger partial charge is 0.501 e. The molecular weight excluding hydrogens is 346 g/mol. The molecule has 27 heavy (non-hydrogen) atoms. The highest BCUT2D eigenvalue weighted by atomic mass is 16.5. The first-order valence-electron chi connectivity index (χ1n) is 8.49. The molecule has 1 aliphatic heterocycles. The van der Waals surface area contributed by atoms with Crippen molar-refractivity contribution in [3.05, 3.63) is 53.6 Å². The summed E-state index contributed by atoms with van der Waals surface area (Å²) in [4.78, 5) is 28.2. The van der Waals surface area contributed by atoms with E-state index in [1.165, 1.54) is 41.5 Å². The monoisotopic (exact) mass is 367 g/mol. The van der Waals surface area contributed by atoms with Crippen LogP contribution in [0.5, 0.6) is 0 Å². The van der Waals surface area contributed by atoms with Crippen molar-refractivity contribution in [2.75, 3.05) is 13.7 Å². The fourth-order valence-electron chi connectivity index (χ4n) is 2.79. The van der Waals surface area contributed by atoms with Crippen LogP contribution in [0.3, 0.4) is 0 Å². The lowest BCUT2D eigenvalue weighted by Crippen LogP contribution is -2.47. The molecule has 8 heteroatoms. The summed E-state index contributed by atoms with van der Waals surface area (Å²) in [7, 11) is 1.51. The summed E-state index contributed by atoms with van der Waals surface area (Å²) >= 11 is 0. The van der Waals surface area contributed by atoms with E-state index in [0.717, 1.165) is 16.7 Å². The Morgan fingerprint density at radius 1 is 1.26 bits per heavy atom. The quantitative estimate of drug-likeness (QED) is 0.815. The van der Waals surface area contributed by atoms with Gasteiger partial charge in [-0.2, -0.15) is 0 Å². The van der Waals surface area contributed by atoms with Crippen LogP contribution in [0.15, 0.2) is 42.4 Å². The molecule has 0 aliphatic carbocycles. The summed E-state index contributed by atoms with van der Waals surface area (Å²) in [5, 5.41) is 5.60. The number of aromatic nitrogens is 3. The van der Waals surface area contributed by atoms with Gasteiger partial charge in [0, 0.05) is 36.9 Å². The normalized spacial score (nSPS) is 14.4. The Balaban J connectivity index is 1.63. The third kappa shape index (κ3) is 4.60. The lowest BCUT2D eigenvalue weighted by atomic mass is 10.1. The number of nitrogens with one attached hydrogen (secondary N) is 1. The van der Waals surface area contributed by atoms with Gasteiger partial charge in [-0.15, -0.1) is 5.10 Å². The van der Waals surface area contributed by atoms with E-state index in [0.29, 0.717) is 24.5 Å². The van der Waals surface area contributed by atoms with Gasteiger partial charge in [0.2, 0.25) is 0 Å². The highest BCUT2D eigenvalue weighted by Gasteiger charge is 2.20. The molecule has 0 radical (unpaired) electrons. The second-order valence-corrected chi connectivity index (χ2v) is 6.27. The molecular formula is C19H21N5O3. The van der Waals surface area contributed by atoms with Crippen LogP contribution in [0.1, 0.15) is 17.5 Å². The van der Waals surface area contributed by atoms with E-state index in [-0.39, 0.29) is 5.91 Å². The Kier molecular flexibility index (Phi) is 5.35. The minimum absolute atomic E-state index is 0.322. The van der Waals surface area contributed by atoms with Crippen LogP contribution in [0, 0.1) is 13.8 Å². The number of carbonyl (C=O) groups is 2. The third-order valence-corrected chi connectivity index (χ3v) is 4.01. The molecule has 1 aromatic carbocycles. The minimum Gasteiger partial charge on any atom is -0.501 e. The van der Waals surface area contributed by atoms with Crippen LogP contribution in [-0.2, 0) is 14.3 Å². The van der Waals surface area contributed by atoms with Crippen molar-refractivity contribution in [3.8, 4) is 11.4 Å². The number of benzene rings is 1. The van der Waals surface area contributed by atoms with Crippen molar-refractivity contribution in [1.82, 2.24) is 25.2 Å². The highest BCUT2D eigenvalue weighted by molar-refractivity contribution is 5.94. The van der Waals surface area contributed by atoms with Gasteiger partial charge in [0.05, 0.1) is 7.11 Å². The molecule has 0 atom stereocenters. The molecule has 1 N–H and O–H groups in total. The second-order valence-electron chi connectivity index (χ2n) is 6.27. The zero-order valence-corrected chi connectivity index (χ0v) is 15.5. The van der Waals surface area contributed by atoms with Gasteiger partial charge in [-0.1, -0.05) is 17.2 Å². The van der Waals surface area contributed by atoms with Crippen molar-refractivity contribution in [2.24, 2.45) is 0 Å². The number of amides is 2. The summed E-state index contributed by atoms with van der Waals surface area (Å²) in [6.45, 7) is 4.40. The molecule has 0 saturated heterocycles. The number of hydrogen-bond donors (Lipinski definition) is 1. The fourth-order valence-corrected chi connectivity index (χ4v) is 2.79. The maximum atomic E-state index is 12.0. The summed E-state index contributed by atoms with van der Waals surface area (Å²) in [6, 6.07) is 6.09. The van der Waals surface area contributed by atoms with E-state index >= 15 is 0 Å². The Bertz CT molecular complexity index is 909. The van der Waals surface area contributed by atoms with Crippen molar-refractivity contribution in [2.45, 2.75) is 20.3 Å². The van der Waals surface area contributed by atoms with E-state index in [1.807, 2.05) is 26.0 Å². The molecule has 1 aliphatic rings. The summed E-state index contributed by atoms with van der Waals surface area (Å²) in [6.07, 6.45) is 6.22. The summed E-state index contributed by atoms with van der Waals surface area (Å²) in [5.41, 5.74) is 5.72. The molecule has 2 amide bonds. The topological polar surface area (TPSA) is 89.4 Å². The summed E-state index contributed by atoms with van der Waals surface area (Å²) < 4.78 is 6.49. The highest BCUT2D eigenvalue weighted by Crippen LogP contribution is 2.18. The van der Waals surface area contributed by atoms with E-state index in [4.69, 9.17) is 4.74 Å². The predicted octanol–water partition coefficient (Wildman–Crippen LogP) is 1.83. The van der Waals surface area contributed by atoms with Gasteiger partial charge >= 0.3 is 0 Å². The van der Waals surface area contributed by atoms with Gasteiger partial charge in [0.25, 0.3) is 11.8 Å². The molecule has 1 aromatic heterocycles. The first-order valence-corrected chi connectivity index (χ1v) is 8.49. The number of ether oxygens (including phenoxy) is 1. The zero-order valence-electron chi connectivity index (χ0n) is 15.5. The molecule has 8 nitrogen and oxygen atoms in total. The molecule has 0 fully saturated rings. The predicted molar refractivity (Wildman–Crippen MR) is 99.8 cm³/mol. The van der Waals surface area contributed by atoms with Crippen LogP contribution < -0.4 is 5.43 Å². The van der Waals surface area contributed by atoms with Gasteiger partial charge in [0.15, 0.2) is 5.82 Å². The van der Waals surface area contributed by atoms with E-state index in [9.17, 15) is 9.59 Å². The van der Waals surface area contributed by atoms with Crippen LogP contribution >= 0.6 is 0 Å². The van der Waals surface area contributed by atoms with E-state index in [1.54, 1.807) is 0 Å². The van der Waals surface area contributed by atoms with Gasteiger partial charge in [-0.25, -0.2) is 14.7 Å². The first kappa shape index (κ1) is 18.4. The molecule has 2 heterocycles. The Hall–Kier alpha value is -3.42. The lowest BCUT2D eigenvalue weighted by Gasteiger charge is -2.25. The Labute approximate surface area is 157 Å². The summed E-state index contributed by atoms with van der Waals surface area (Å²) in [5.74, 6) is 0.427. The lowest BCUT2D eigenvalue weighted by molar-refractivity contribution is -0.136. The molecule has 0 unspecified atom stereocenters. The van der Waals surface area contributed by atoms with Crippen LogP contribution in [0.25, 0.3) is 17.6 Å². The number of aryl methyl sites for hydroxylation is 2. The maximum Gasteiger partial charge on any atom is 0.268 e. The number of methoxy groups -OCH3 is 1. The molecule has 0 saturated carbocycles. The van der Waals surface area contributed by atoms with Gasteiger partial charge in [0.1, 0.15) is 12.1 Å². The molecule has 0 bridgehead atoms. The second kappa shape index (κ2) is 7.86. The average Bonchev–Trinajstić information content (AvgIpc) is 3.10. The van der Waals surface area contributed by atoms with Gasteiger partial charge < -0.3 is 4.74 Å². The smallest absolute Gasteiger partial charge is 0.268 e. The Morgan fingerprint density at radius 3 is 2.67 bits per heavy atom. The van der Waals surface area contributed by atoms with Crippen LogP contribution in [0.2, 0.25) is 0 Å². The molecule has 3 rings (SSSR count). The molecule has 2 aromatic rings. The minimum atomic E-state index is -0.430. The van der Waals surface area contributed by atoms with Crippen molar-refractivity contribution in [3.63, 3.8) is 0 Å². The molecule has 140 valence electrons. The maximum absolute atomic E-state index is 12.0. The third-order valence-electron chi connectivity index (χ3n) is 4.01. The van der Waals surface area contributed by atoms with Crippen molar-refractivity contribution < 1.29 is 14.3 Å². The SMILES string of the molecule is COC1=CC(=O)N(NC(=O)/C=C\n2cnc(-c3cc(C)cc(C)c3)n2)CC1. The van der Waals surface area contributed by atoms with Crippen molar-refractivity contribution in [1.29, 1.82) is 0 Å². The number of hydrogen-bond acceptors (Lipinski definition) is 5. The molecule has 0 spiro atoms. The number of rotatable bonds is 5. The van der Waals surface area contributed by atoms with Gasteiger partial charge in [-0.3, -0.25) is 15.0 Å². The van der Waals surface area contributed by atoms with Crippen LogP contribution in [0.4, 0.5) is 0 Å². The number of nitrogens with zero attached hydrogens (tertiary/aromatic N) is 4. The number of carbonyl (C=O) groups excluding carboxylic acids is 2. The first-order chi connectivity index (χ1) is 12.9. The standard InChI is InChI=1S/C19H21N5O3/c1-13-8-14(2)10-15(9-13)19-20-12-23(22-19)6-5-17(25)21-24-7-4-16(27-3)11-18(24)26/h5-6,8-12H,4,7H2,1-3H3,(H,21,25)/b6-5-.